The maximum absolute atomic E-state index is 12.2. The Bertz CT molecular complexity index is 691. The van der Waals surface area contributed by atoms with Crippen LogP contribution in [0.25, 0.3) is 11.1 Å². The molecule has 3 N–H and O–H groups in total. The molecule has 0 aliphatic carbocycles. The van der Waals surface area contributed by atoms with E-state index in [0.717, 1.165) is 16.9 Å². The molecule has 1 amide bonds. The van der Waals surface area contributed by atoms with Crippen molar-refractivity contribution in [3.8, 4) is 16.9 Å². The lowest BCUT2D eigenvalue weighted by molar-refractivity contribution is -0.123. The van der Waals surface area contributed by atoms with Gasteiger partial charge in [-0.15, -0.1) is 12.4 Å². The van der Waals surface area contributed by atoms with Crippen LogP contribution in [0.15, 0.2) is 54.6 Å². The van der Waals surface area contributed by atoms with Crippen LogP contribution in [-0.4, -0.2) is 24.6 Å². The number of halogens is 1. The van der Waals surface area contributed by atoms with Crippen molar-refractivity contribution in [1.29, 1.82) is 0 Å². The third kappa shape index (κ3) is 5.75. The van der Waals surface area contributed by atoms with Crippen LogP contribution in [0.5, 0.6) is 5.75 Å². The van der Waals surface area contributed by atoms with E-state index in [-0.39, 0.29) is 29.8 Å². The molecule has 0 aromatic heterocycles. The van der Waals surface area contributed by atoms with Crippen LogP contribution in [0, 0.1) is 5.92 Å². The zero-order valence-corrected chi connectivity index (χ0v) is 16.5. The number of carbonyl (C=O) groups is 1. The fourth-order valence-electron chi connectivity index (χ4n) is 2.51. The van der Waals surface area contributed by atoms with E-state index in [0.29, 0.717) is 19.6 Å². The molecule has 0 aliphatic rings. The molecule has 0 radical (unpaired) electrons. The average Bonchev–Trinajstić information content (AvgIpc) is 2.62. The number of ether oxygens (including phenoxy) is 1. The number of rotatable bonds is 8. The minimum Gasteiger partial charge on any atom is -0.492 e. The summed E-state index contributed by atoms with van der Waals surface area (Å²) >= 11 is 0. The molecule has 142 valence electrons. The Morgan fingerprint density at radius 2 is 1.73 bits per heavy atom. The zero-order valence-electron chi connectivity index (χ0n) is 15.7. The monoisotopic (exact) mass is 376 g/mol. The molecule has 0 heterocycles. The maximum Gasteiger partial charge on any atom is 0.223 e. The van der Waals surface area contributed by atoms with Gasteiger partial charge in [0.1, 0.15) is 5.75 Å². The maximum atomic E-state index is 12.2. The minimum absolute atomic E-state index is 0. The summed E-state index contributed by atoms with van der Waals surface area (Å²) < 4.78 is 5.88. The van der Waals surface area contributed by atoms with Crippen LogP contribution in [0.1, 0.15) is 27.2 Å². The van der Waals surface area contributed by atoms with E-state index >= 15 is 0 Å². The fraction of sp³-hybridized carbons (Fsp3) is 0.381. The first-order chi connectivity index (χ1) is 12.0. The van der Waals surface area contributed by atoms with Gasteiger partial charge in [0.2, 0.25) is 5.91 Å². The van der Waals surface area contributed by atoms with Crippen molar-refractivity contribution in [3.63, 3.8) is 0 Å². The molecule has 5 heteroatoms. The van der Waals surface area contributed by atoms with Crippen LogP contribution in [0.3, 0.4) is 0 Å². The molecule has 26 heavy (non-hydrogen) atoms. The Kier molecular flexibility index (Phi) is 8.62. The van der Waals surface area contributed by atoms with E-state index in [1.165, 1.54) is 0 Å². The summed E-state index contributed by atoms with van der Waals surface area (Å²) in [7, 11) is 0. The molecular formula is C21H29ClN2O2. The SMILES string of the molecule is CC(C)C(C)(CN)NC(=O)CCOc1ccccc1-c1ccccc1.Cl. The van der Waals surface area contributed by atoms with E-state index in [1.807, 2.05) is 61.5 Å². The number of nitrogens with two attached hydrogens (primary N) is 1. The van der Waals surface area contributed by atoms with Gasteiger partial charge in [0.25, 0.3) is 0 Å². The number of amides is 1. The molecule has 0 spiro atoms. The molecule has 1 unspecified atom stereocenters. The van der Waals surface area contributed by atoms with E-state index in [4.69, 9.17) is 10.5 Å². The average molecular weight is 377 g/mol. The second-order valence-electron chi connectivity index (χ2n) is 6.79. The summed E-state index contributed by atoms with van der Waals surface area (Å²) in [5, 5.41) is 3.03. The van der Waals surface area contributed by atoms with E-state index in [1.54, 1.807) is 0 Å². The van der Waals surface area contributed by atoms with Crippen molar-refractivity contribution in [3.05, 3.63) is 54.6 Å². The van der Waals surface area contributed by atoms with Crippen molar-refractivity contribution in [2.45, 2.75) is 32.7 Å². The van der Waals surface area contributed by atoms with E-state index in [2.05, 4.69) is 19.2 Å². The highest BCUT2D eigenvalue weighted by Crippen LogP contribution is 2.29. The van der Waals surface area contributed by atoms with Crippen molar-refractivity contribution >= 4 is 18.3 Å². The minimum atomic E-state index is -0.390. The lowest BCUT2D eigenvalue weighted by Gasteiger charge is -2.33. The van der Waals surface area contributed by atoms with Crippen LogP contribution in [-0.2, 0) is 4.79 Å². The number of para-hydroxylation sites is 1. The molecule has 4 nitrogen and oxygen atoms in total. The predicted octanol–water partition coefficient (Wildman–Crippen LogP) is 4.03. The quantitative estimate of drug-likeness (QED) is 0.730. The normalized spacial score (nSPS) is 12.8. The van der Waals surface area contributed by atoms with Gasteiger partial charge in [-0.3, -0.25) is 4.79 Å². The highest BCUT2D eigenvalue weighted by molar-refractivity contribution is 5.85. The summed E-state index contributed by atoms with van der Waals surface area (Å²) in [6, 6.07) is 17.9. The topological polar surface area (TPSA) is 64.3 Å². The Labute approximate surface area is 162 Å². The smallest absolute Gasteiger partial charge is 0.223 e. The molecule has 0 bridgehead atoms. The van der Waals surface area contributed by atoms with Crippen molar-refractivity contribution in [1.82, 2.24) is 5.32 Å². The highest BCUT2D eigenvalue weighted by atomic mass is 35.5. The van der Waals surface area contributed by atoms with Crippen LogP contribution >= 0.6 is 12.4 Å². The Morgan fingerprint density at radius 1 is 1.12 bits per heavy atom. The first-order valence-electron chi connectivity index (χ1n) is 8.74. The Morgan fingerprint density at radius 3 is 2.35 bits per heavy atom. The summed E-state index contributed by atoms with van der Waals surface area (Å²) in [5.41, 5.74) is 7.55. The van der Waals surface area contributed by atoms with Gasteiger partial charge in [-0.1, -0.05) is 62.4 Å². The number of benzene rings is 2. The Hall–Kier alpha value is -2.04. The lowest BCUT2D eigenvalue weighted by atomic mass is 9.88. The van der Waals surface area contributed by atoms with Crippen molar-refractivity contribution in [2.24, 2.45) is 11.7 Å². The van der Waals surface area contributed by atoms with Gasteiger partial charge < -0.3 is 15.8 Å². The summed E-state index contributed by atoms with van der Waals surface area (Å²) in [6.07, 6.45) is 0.297. The van der Waals surface area contributed by atoms with Gasteiger partial charge in [0.05, 0.1) is 18.6 Å². The van der Waals surface area contributed by atoms with Crippen LogP contribution in [0.2, 0.25) is 0 Å². The molecule has 0 saturated heterocycles. The predicted molar refractivity (Wildman–Crippen MR) is 110 cm³/mol. The lowest BCUT2D eigenvalue weighted by Crippen LogP contribution is -2.55. The third-order valence-corrected chi connectivity index (χ3v) is 4.68. The third-order valence-electron chi connectivity index (χ3n) is 4.68. The first-order valence-corrected chi connectivity index (χ1v) is 8.74. The number of hydrogen-bond donors (Lipinski definition) is 2. The number of nitrogens with one attached hydrogen (secondary N) is 1. The fourth-order valence-corrected chi connectivity index (χ4v) is 2.51. The number of carbonyl (C=O) groups excluding carboxylic acids is 1. The van der Waals surface area contributed by atoms with Gasteiger partial charge in [-0.25, -0.2) is 0 Å². The summed E-state index contributed by atoms with van der Waals surface area (Å²) in [4.78, 5) is 12.2. The summed E-state index contributed by atoms with van der Waals surface area (Å²) in [6.45, 7) is 6.82. The van der Waals surface area contributed by atoms with Gasteiger partial charge in [-0.2, -0.15) is 0 Å². The second-order valence-corrected chi connectivity index (χ2v) is 6.79. The zero-order chi connectivity index (χ0) is 18.3. The molecule has 2 aromatic rings. The molecule has 0 fully saturated rings. The molecule has 2 aromatic carbocycles. The molecule has 2 rings (SSSR count). The van der Waals surface area contributed by atoms with Gasteiger partial charge in [0.15, 0.2) is 0 Å². The largest absolute Gasteiger partial charge is 0.492 e. The summed E-state index contributed by atoms with van der Waals surface area (Å²) in [5.74, 6) is 1.01. The second kappa shape index (κ2) is 10.2. The van der Waals surface area contributed by atoms with Gasteiger partial charge in [0, 0.05) is 12.1 Å². The van der Waals surface area contributed by atoms with Gasteiger partial charge >= 0.3 is 0 Å². The molecule has 1 atom stereocenters. The van der Waals surface area contributed by atoms with Crippen molar-refractivity contribution in [2.75, 3.05) is 13.2 Å². The first kappa shape index (κ1) is 22.0. The highest BCUT2D eigenvalue weighted by Gasteiger charge is 2.28. The molecule has 0 aliphatic heterocycles. The number of hydrogen-bond acceptors (Lipinski definition) is 3. The molecule has 0 saturated carbocycles. The van der Waals surface area contributed by atoms with Crippen LogP contribution in [0.4, 0.5) is 0 Å². The standard InChI is InChI=1S/C21H28N2O2.ClH/c1-16(2)21(3,15-22)23-20(24)13-14-25-19-12-8-7-11-18(19)17-9-5-4-6-10-17;/h4-12,16H,13-15,22H2,1-3H3,(H,23,24);1H. The van der Waals surface area contributed by atoms with Crippen molar-refractivity contribution < 1.29 is 9.53 Å². The molecular weight excluding hydrogens is 348 g/mol. The van der Waals surface area contributed by atoms with E-state index in [9.17, 15) is 4.79 Å². The Balaban J connectivity index is 0.00000338. The van der Waals surface area contributed by atoms with Crippen LogP contribution < -0.4 is 15.8 Å². The van der Waals surface area contributed by atoms with Gasteiger partial charge in [-0.05, 0) is 24.5 Å². The van der Waals surface area contributed by atoms with E-state index < -0.39 is 0 Å².